The topological polar surface area (TPSA) is 75.0 Å². The van der Waals surface area contributed by atoms with Crippen molar-refractivity contribution >= 4 is 22.7 Å². The van der Waals surface area contributed by atoms with Crippen LogP contribution in [0, 0.1) is 6.92 Å². The largest absolute Gasteiger partial charge is 0.497 e. The van der Waals surface area contributed by atoms with Crippen LogP contribution < -0.4 is 14.2 Å². The lowest BCUT2D eigenvalue weighted by molar-refractivity contribution is 0.0700. The molecular weight excluding hydrogens is 336 g/mol. The first-order chi connectivity index (χ1) is 12.4. The van der Waals surface area contributed by atoms with E-state index in [4.69, 9.17) is 18.6 Å². The zero-order chi connectivity index (χ0) is 18.8. The van der Waals surface area contributed by atoms with Gasteiger partial charge in [0.2, 0.25) is 5.76 Å². The van der Waals surface area contributed by atoms with E-state index < -0.39 is 5.97 Å². The van der Waals surface area contributed by atoms with Crippen molar-refractivity contribution < 1.29 is 28.2 Å². The molecule has 134 valence electrons. The fraction of sp³-hybridized carbons (Fsp3) is 0.200. The van der Waals surface area contributed by atoms with Gasteiger partial charge >= 0.3 is 5.97 Å². The smallest absolute Gasteiger partial charge is 0.379 e. The lowest BCUT2D eigenvalue weighted by Crippen LogP contribution is -2.11. The molecule has 3 rings (SSSR count). The second-order valence-electron chi connectivity index (χ2n) is 5.73. The van der Waals surface area contributed by atoms with Crippen molar-refractivity contribution in [2.24, 2.45) is 0 Å². The Morgan fingerprint density at radius 2 is 1.62 bits per heavy atom. The summed E-state index contributed by atoms with van der Waals surface area (Å²) in [6.07, 6.45) is 0. The molecule has 0 radical (unpaired) electrons. The minimum atomic E-state index is -0.687. The van der Waals surface area contributed by atoms with E-state index in [1.807, 2.05) is 0 Å². The molecule has 6 nitrogen and oxygen atoms in total. The molecule has 2 aromatic carbocycles. The molecular formula is C20H18O6. The number of benzene rings is 2. The highest BCUT2D eigenvalue weighted by atomic mass is 16.5. The summed E-state index contributed by atoms with van der Waals surface area (Å²) in [6, 6.07) is 9.95. The second kappa shape index (κ2) is 6.92. The predicted octanol–water partition coefficient (Wildman–Crippen LogP) is 4.18. The van der Waals surface area contributed by atoms with Gasteiger partial charge in [-0.2, -0.15) is 0 Å². The van der Waals surface area contributed by atoms with Crippen LogP contribution in [0.25, 0.3) is 11.0 Å². The Morgan fingerprint density at radius 1 is 0.962 bits per heavy atom. The van der Waals surface area contributed by atoms with Gasteiger partial charge in [-0.05, 0) is 44.2 Å². The third kappa shape index (κ3) is 3.13. The van der Waals surface area contributed by atoms with Crippen LogP contribution >= 0.6 is 0 Å². The number of carbonyl (C=O) groups excluding carboxylic acids is 2. The van der Waals surface area contributed by atoms with Crippen molar-refractivity contribution in [1.82, 2.24) is 0 Å². The Kier molecular flexibility index (Phi) is 4.67. The summed E-state index contributed by atoms with van der Waals surface area (Å²) in [5, 5.41) is 0.758. The summed E-state index contributed by atoms with van der Waals surface area (Å²) in [5.41, 5.74) is 1.47. The Labute approximate surface area is 150 Å². The van der Waals surface area contributed by atoms with E-state index in [9.17, 15) is 9.59 Å². The molecule has 0 bridgehead atoms. The monoisotopic (exact) mass is 354 g/mol. The van der Waals surface area contributed by atoms with E-state index in [1.54, 1.807) is 44.4 Å². The van der Waals surface area contributed by atoms with Crippen LogP contribution in [0.3, 0.4) is 0 Å². The number of ether oxygens (including phenoxy) is 3. The first-order valence-corrected chi connectivity index (χ1v) is 7.93. The van der Waals surface area contributed by atoms with E-state index in [1.165, 1.54) is 20.1 Å². The van der Waals surface area contributed by atoms with Crippen LogP contribution in [0.2, 0.25) is 0 Å². The van der Waals surface area contributed by atoms with E-state index in [-0.39, 0.29) is 22.9 Å². The maximum Gasteiger partial charge on any atom is 0.379 e. The molecule has 3 aromatic rings. The summed E-state index contributed by atoms with van der Waals surface area (Å²) >= 11 is 0. The molecule has 0 saturated carbocycles. The van der Waals surface area contributed by atoms with Crippen molar-refractivity contribution in [1.29, 1.82) is 0 Å². The van der Waals surface area contributed by atoms with Gasteiger partial charge in [0.15, 0.2) is 5.78 Å². The van der Waals surface area contributed by atoms with Crippen LogP contribution in [-0.4, -0.2) is 26.0 Å². The third-order valence-corrected chi connectivity index (χ3v) is 4.10. The van der Waals surface area contributed by atoms with E-state index in [0.717, 1.165) is 5.39 Å². The summed E-state index contributed by atoms with van der Waals surface area (Å²) < 4.78 is 21.4. The highest BCUT2D eigenvalue weighted by molar-refractivity contribution is 6.00. The first-order valence-electron chi connectivity index (χ1n) is 7.93. The zero-order valence-corrected chi connectivity index (χ0v) is 14.9. The Balaban J connectivity index is 1.99. The maximum atomic E-state index is 12.6. The van der Waals surface area contributed by atoms with Gasteiger partial charge in [-0.25, -0.2) is 4.79 Å². The van der Waals surface area contributed by atoms with Crippen LogP contribution in [0.15, 0.2) is 40.8 Å². The van der Waals surface area contributed by atoms with Crippen molar-refractivity contribution in [2.75, 3.05) is 14.2 Å². The average molecular weight is 354 g/mol. The summed E-state index contributed by atoms with van der Waals surface area (Å²) in [7, 11) is 3.06. The van der Waals surface area contributed by atoms with Crippen LogP contribution in [0.4, 0.5) is 0 Å². The minimum Gasteiger partial charge on any atom is -0.497 e. The number of esters is 1. The Hall–Kier alpha value is -3.28. The molecule has 6 heteroatoms. The number of furan rings is 1. The molecule has 0 fully saturated rings. The quantitative estimate of drug-likeness (QED) is 0.389. The van der Waals surface area contributed by atoms with Crippen molar-refractivity contribution in [3.8, 4) is 17.2 Å². The predicted molar refractivity (Wildman–Crippen MR) is 95.5 cm³/mol. The van der Waals surface area contributed by atoms with Gasteiger partial charge in [0, 0.05) is 17.0 Å². The molecule has 0 amide bonds. The number of hydrogen-bond donors (Lipinski definition) is 0. The minimum absolute atomic E-state index is 0.0746. The number of methoxy groups -OCH3 is 2. The molecule has 0 N–H and O–H groups in total. The molecule has 0 aliphatic heterocycles. The molecule has 0 aliphatic carbocycles. The molecule has 1 aromatic heterocycles. The van der Waals surface area contributed by atoms with E-state index in [0.29, 0.717) is 22.6 Å². The summed E-state index contributed by atoms with van der Waals surface area (Å²) in [5.74, 6) is 0.427. The van der Waals surface area contributed by atoms with Crippen molar-refractivity contribution in [2.45, 2.75) is 13.8 Å². The highest BCUT2D eigenvalue weighted by Crippen LogP contribution is 2.31. The van der Waals surface area contributed by atoms with Crippen LogP contribution in [0.5, 0.6) is 17.2 Å². The Morgan fingerprint density at radius 3 is 2.27 bits per heavy atom. The maximum absolute atomic E-state index is 12.6. The number of carbonyl (C=O) groups is 2. The van der Waals surface area contributed by atoms with Crippen molar-refractivity contribution in [3.05, 3.63) is 53.3 Å². The molecule has 0 spiro atoms. The lowest BCUT2D eigenvalue weighted by Gasteiger charge is -2.09. The summed E-state index contributed by atoms with van der Waals surface area (Å²) in [6.45, 7) is 3.16. The highest BCUT2D eigenvalue weighted by Gasteiger charge is 2.22. The van der Waals surface area contributed by atoms with Crippen LogP contribution in [0.1, 0.15) is 33.4 Å². The van der Waals surface area contributed by atoms with E-state index in [2.05, 4.69) is 0 Å². The summed E-state index contributed by atoms with van der Waals surface area (Å²) in [4.78, 5) is 24.4. The lowest BCUT2D eigenvalue weighted by atomic mass is 10.1. The number of aryl methyl sites for hydroxylation is 1. The van der Waals surface area contributed by atoms with Crippen LogP contribution in [-0.2, 0) is 0 Å². The fourth-order valence-electron chi connectivity index (χ4n) is 2.67. The zero-order valence-electron chi connectivity index (χ0n) is 14.9. The van der Waals surface area contributed by atoms with Gasteiger partial charge in [0.25, 0.3) is 0 Å². The number of hydrogen-bond acceptors (Lipinski definition) is 6. The number of rotatable bonds is 5. The first kappa shape index (κ1) is 17.5. The normalized spacial score (nSPS) is 10.6. The third-order valence-electron chi connectivity index (χ3n) is 4.10. The van der Waals surface area contributed by atoms with Gasteiger partial charge in [-0.15, -0.1) is 0 Å². The Bertz CT molecular complexity index is 999. The average Bonchev–Trinajstić information content (AvgIpc) is 2.97. The molecule has 0 atom stereocenters. The molecule has 0 saturated heterocycles. The number of fused-ring (bicyclic) bond motifs is 1. The van der Waals surface area contributed by atoms with Gasteiger partial charge in [-0.3, -0.25) is 4.79 Å². The van der Waals surface area contributed by atoms with Gasteiger partial charge < -0.3 is 18.6 Å². The fourth-order valence-corrected chi connectivity index (χ4v) is 2.67. The number of ketones is 1. The van der Waals surface area contributed by atoms with Gasteiger partial charge in [0.05, 0.1) is 19.8 Å². The molecule has 0 aliphatic rings. The van der Waals surface area contributed by atoms with Crippen molar-refractivity contribution in [3.63, 3.8) is 0 Å². The molecule has 0 unspecified atom stereocenters. The van der Waals surface area contributed by atoms with E-state index >= 15 is 0 Å². The SMILES string of the molecule is COc1ccc(C(C)=O)c(OC(=O)c2oc3ccc(OC)cc3c2C)c1. The second-order valence-corrected chi connectivity index (χ2v) is 5.73. The standard InChI is InChI=1S/C20H18O6/c1-11-16-9-13(23-3)6-8-17(16)25-19(11)20(22)26-18-10-14(24-4)5-7-15(18)12(2)21/h5-10H,1-4H3. The number of Topliss-reactive ketones (excluding diaryl/α,β-unsaturated/α-hetero) is 1. The van der Waals surface area contributed by atoms with Gasteiger partial charge in [0.1, 0.15) is 22.8 Å². The molecule has 26 heavy (non-hydrogen) atoms. The van der Waals surface area contributed by atoms with Gasteiger partial charge in [-0.1, -0.05) is 0 Å². The molecule has 1 heterocycles.